The topological polar surface area (TPSA) is 48.4 Å². The van der Waals surface area contributed by atoms with Crippen LogP contribution in [0.25, 0.3) is 0 Å². The Labute approximate surface area is 112 Å². The van der Waals surface area contributed by atoms with Crippen LogP contribution >= 0.6 is 0 Å². The largest absolute Gasteiger partial charge is 0.495 e. The number of rotatable bonds is 4. The monoisotopic (exact) mass is 295 g/mol. The summed E-state index contributed by atoms with van der Waals surface area (Å²) in [4.78, 5) is 14.9. The molecule has 4 nitrogen and oxygen atoms in total. The predicted octanol–water partition coefficient (Wildman–Crippen LogP) is 3.12. The van der Waals surface area contributed by atoms with Gasteiger partial charge in [-0.15, -0.1) is 0 Å². The molecule has 1 rings (SSSR count). The number of aryl methyl sites for hydroxylation is 1. The molecule has 8 heteroatoms. The lowest BCUT2D eigenvalue weighted by atomic mass is 10.1. The summed E-state index contributed by atoms with van der Waals surface area (Å²) in [7, 11) is 0.917. The van der Waals surface area contributed by atoms with Crippen LogP contribution in [0.5, 0.6) is 5.75 Å². The van der Waals surface area contributed by atoms with Crippen molar-refractivity contribution in [3.63, 3.8) is 0 Å². The van der Waals surface area contributed by atoms with Gasteiger partial charge in [-0.25, -0.2) is 9.78 Å². The van der Waals surface area contributed by atoms with Crippen LogP contribution in [0.2, 0.25) is 0 Å². The molecule has 0 saturated heterocycles. The summed E-state index contributed by atoms with van der Waals surface area (Å²) < 4.78 is 61.2. The second-order valence-corrected chi connectivity index (χ2v) is 3.90. The first-order valence-corrected chi connectivity index (χ1v) is 5.72. The normalized spacial score (nSPS) is 11.3. The van der Waals surface area contributed by atoms with Crippen LogP contribution in [-0.4, -0.2) is 24.7 Å². The minimum absolute atomic E-state index is 0.0279. The molecule has 0 unspecified atom stereocenters. The molecule has 0 bridgehead atoms. The third-order valence-electron chi connectivity index (χ3n) is 2.42. The standard InChI is InChI=1S/C12H13F4NO3/c1-4-5-20-11(18)7-6(2)17-10(13)8(9(7)19-3)12(14,15)16/h4-5H2,1-3H3. The second-order valence-electron chi connectivity index (χ2n) is 3.90. The molecule has 0 aliphatic rings. The van der Waals surface area contributed by atoms with Gasteiger partial charge in [0.25, 0.3) is 0 Å². The number of esters is 1. The van der Waals surface area contributed by atoms with Gasteiger partial charge in [0, 0.05) is 0 Å². The number of alkyl halides is 3. The summed E-state index contributed by atoms with van der Waals surface area (Å²) in [6.45, 7) is 2.95. The van der Waals surface area contributed by atoms with E-state index in [-0.39, 0.29) is 12.3 Å². The zero-order chi connectivity index (χ0) is 15.5. The number of carbonyl (C=O) groups excluding carboxylic acids is 1. The van der Waals surface area contributed by atoms with Crippen molar-refractivity contribution in [3.05, 3.63) is 22.8 Å². The maximum Gasteiger partial charge on any atom is 0.424 e. The van der Waals surface area contributed by atoms with E-state index in [4.69, 9.17) is 4.74 Å². The molecular formula is C12H13F4NO3. The third-order valence-corrected chi connectivity index (χ3v) is 2.42. The number of carbonyl (C=O) groups is 1. The SMILES string of the molecule is CCCOC(=O)c1c(C)nc(F)c(C(F)(F)F)c1OC. The molecule has 1 aromatic heterocycles. The van der Waals surface area contributed by atoms with E-state index < -0.39 is 35.0 Å². The van der Waals surface area contributed by atoms with Gasteiger partial charge in [-0.05, 0) is 13.3 Å². The van der Waals surface area contributed by atoms with Crippen molar-refractivity contribution in [2.75, 3.05) is 13.7 Å². The third kappa shape index (κ3) is 3.17. The molecule has 0 saturated carbocycles. The van der Waals surface area contributed by atoms with Crippen molar-refractivity contribution >= 4 is 5.97 Å². The Hall–Kier alpha value is -1.86. The Morgan fingerprint density at radius 3 is 2.40 bits per heavy atom. The van der Waals surface area contributed by atoms with Crippen LogP contribution in [0.1, 0.15) is 35.0 Å². The lowest BCUT2D eigenvalue weighted by Crippen LogP contribution is -2.18. The van der Waals surface area contributed by atoms with Gasteiger partial charge in [-0.1, -0.05) is 6.92 Å². The van der Waals surface area contributed by atoms with E-state index in [0.29, 0.717) is 6.42 Å². The maximum atomic E-state index is 13.4. The molecule has 0 aliphatic heterocycles. The fourth-order valence-electron chi connectivity index (χ4n) is 1.60. The van der Waals surface area contributed by atoms with Gasteiger partial charge >= 0.3 is 12.1 Å². The molecule has 0 aromatic carbocycles. The number of halogens is 4. The molecule has 112 valence electrons. The first-order chi connectivity index (χ1) is 9.23. The maximum absolute atomic E-state index is 13.4. The highest BCUT2D eigenvalue weighted by Crippen LogP contribution is 2.40. The average Bonchev–Trinajstić information content (AvgIpc) is 2.32. The zero-order valence-electron chi connectivity index (χ0n) is 11.1. The number of hydrogen-bond acceptors (Lipinski definition) is 4. The summed E-state index contributed by atoms with van der Waals surface area (Å²) in [6, 6.07) is 0. The minimum Gasteiger partial charge on any atom is -0.495 e. The van der Waals surface area contributed by atoms with Crippen molar-refractivity contribution in [2.24, 2.45) is 0 Å². The smallest absolute Gasteiger partial charge is 0.424 e. The minimum atomic E-state index is -5.03. The summed E-state index contributed by atoms with van der Waals surface area (Å²) in [5, 5.41) is 0. The number of methoxy groups -OCH3 is 1. The van der Waals surface area contributed by atoms with Gasteiger partial charge in [-0.3, -0.25) is 0 Å². The van der Waals surface area contributed by atoms with Crippen LogP contribution in [-0.2, 0) is 10.9 Å². The average molecular weight is 295 g/mol. The molecule has 0 N–H and O–H groups in total. The molecule has 1 aromatic rings. The van der Waals surface area contributed by atoms with Crippen molar-refractivity contribution in [1.82, 2.24) is 4.98 Å². The Balaban J connectivity index is 3.48. The zero-order valence-corrected chi connectivity index (χ0v) is 11.1. The Kier molecular flexibility index (Phi) is 4.91. The van der Waals surface area contributed by atoms with E-state index in [1.54, 1.807) is 6.92 Å². The van der Waals surface area contributed by atoms with E-state index in [0.717, 1.165) is 7.11 Å². The van der Waals surface area contributed by atoms with Gasteiger partial charge in [0.2, 0.25) is 5.95 Å². The fourth-order valence-corrected chi connectivity index (χ4v) is 1.60. The van der Waals surface area contributed by atoms with Gasteiger partial charge in [0.05, 0.1) is 19.4 Å². The van der Waals surface area contributed by atoms with Gasteiger partial charge in [0.1, 0.15) is 5.56 Å². The summed E-state index contributed by atoms with van der Waals surface area (Å²) in [5.74, 6) is -3.68. The first kappa shape index (κ1) is 16.2. The predicted molar refractivity (Wildman–Crippen MR) is 61.1 cm³/mol. The Bertz CT molecular complexity index is 514. The van der Waals surface area contributed by atoms with Crippen LogP contribution < -0.4 is 4.74 Å². The second kappa shape index (κ2) is 6.06. The number of ether oxygens (including phenoxy) is 2. The summed E-state index contributed by atoms with van der Waals surface area (Å²) in [6.07, 6.45) is -4.54. The van der Waals surface area contributed by atoms with Gasteiger partial charge in [0.15, 0.2) is 11.3 Å². The van der Waals surface area contributed by atoms with Crippen LogP contribution in [0, 0.1) is 12.9 Å². The van der Waals surface area contributed by atoms with E-state index in [1.165, 1.54) is 6.92 Å². The molecule has 0 amide bonds. The van der Waals surface area contributed by atoms with Crippen molar-refractivity contribution in [1.29, 1.82) is 0 Å². The van der Waals surface area contributed by atoms with Crippen molar-refractivity contribution in [2.45, 2.75) is 26.4 Å². The summed E-state index contributed by atoms with van der Waals surface area (Å²) >= 11 is 0. The fraction of sp³-hybridized carbons (Fsp3) is 0.500. The van der Waals surface area contributed by atoms with E-state index in [9.17, 15) is 22.4 Å². The highest BCUT2D eigenvalue weighted by molar-refractivity contribution is 5.94. The molecular weight excluding hydrogens is 282 g/mol. The molecule has 0 radical (unpaired) electrons. The summed E-state index contributed by atoms with van der Waals surface area (Å²) in [5.41, 5.74) is -2.46. The highest BCUT2D eigenvalue weighted by Gasteiger charge is 2.41. The van der Waals surface area contributed by atoms with Gasteiger partial charge < -0.3 is 9.47 Å². The lowest BCUT2D eigenvalue weighted by Gasteiger charge is -2.17. The van der Waals surface area contributed by atoms with E-state index in [1.807, 2.05) is 0 Å². The van der Waals surface area contributed by atoms with Crippen LogP contribution in [0.4, 0.5) is 17.6 Å². The van der Waals surface area contributed by atoms with Crippen molar-refractivity contribution < 1.29 is 31.8 Å². The molecule has 0 aliphatic carbocycles. The Morgan fingerprint density at radius 2 is 1.95 bits per heavy atom. The molecule has 0 fully saturated rings. The van der Waals surface area contributed by atoms with Crippen molar-refractivity contribution in [3.8, 4) is 5.75 Å². The van der Waals surface area contributed by atoms with Crippen LogP contribution in [0.15, 0.2) is 0 Å². The molecule has 0 atom stereocenters. The number of pyridine rings is 1. The first-order valence-electron chi connectivity index (χ1n) is 5.72. The quantitative estimate of drug-likeness (QED) is 0.486. The Morgan fingerprint density at radius 1 is 1.35 bits per heavy atom. The van der Waals surface area contributed by atoms with Crippen LogP contribution in [0.3, 0.4) is 0 Å². The number of nitrogens with zero attached hydrogens (tertiary/aromatic N) is 1. The molecule has 0 spiro atoms. The molecule has 20 heavy (non-hydrogen) atoms. The van der Waals surface area contributed by atoms with E-state index in [2.05, 4.69) is 9.72 Å². The lowest BCUT2D eigenvalue weighted by molar-refractivity contribution is -0.141. The van der Waals surface area contributed by atoms with E-state index >= 15 is 0 Å². The van der Waals surface area contributed by atoms with Gasteiger partial charge in [-0.2, -0.15) is 17.6 Å². The molecule has 1 heterocycles. The highest BCUT2D eigenvalue weighted by atomic mass is 19.4. The number of aromatic nitrogens is 1. The number of hydrogen-bond donors (Lipinski definition) is 0.